The molecule has 1 unspecified atom stereocenters. The third-order valence-electron chi connectivity index (χ3n) is 5.86. The molecule has 0 N–H and O–H groups in total. The second-order valence-electron chi connectivity index (χ2n) is 10.9. The molecule has 188 valence electrons. The summed E-state index contributed by atoms with van der Waals surface area (Å²) in [6, 6.07) is 14.8. The highest BCUT2D eigenvalue weighted by molar-refractivity contribution is 6.04. The molecule has 0 saturated heterocycles. The van der Waals surface area contributed by atoms with E-state index in [1.54, 1.807) is 33.0 Å². The van der Waals surface area contributed by atoms with Crippen LogP contribution in [0.5, 0.6) is 0 Å². The molecular weight excluding hydrogens is 456 g/mol. The Morgan fingerprint density at radius 2 is 1.33 bits per heavy atom. The van der Waals surface area contributed by atoms with Gasteiger partial charge in [-0.15, -0.1) is 0 Å². The van der Waals surface area contributed by atoms with Crippen LogP contribution in [0.4, 0.5) is 9.59 Å². The Morgan fingerprint density at radius 1 is 0.806 bits per heavy atom. The molecule has 0 aliphatic heterocycles. The van der Waals surface area contributed by atoms with Crippen molar-refractivity contribution in [2.45, 2.75) is 65.6 Å². The van der Waals surface area contributed by atoms with Crippen LogP contribution in [0.15, 0.2) is 54.7 Å². The first-order valence-electron chi connectivity index (χ1n) is 12.0. The van der Waals surface area contributed by atoms with E-state index in [4.69, 9.17) is 9.47 Å². The van der Waals surface area contributed by atoms with E-state index < -0.39 is 29.3 Å². The summed E-state index contributed by atoms with van der Waals surface area (Å²) in [7, 11) is 0. The average molecular weight is 489 g/mol. The molecule has 0 radical (unpaired) electrons. The molecule has 2 aromatic heterocycles. The summed E-state index contributed by atoms with van der Waals surface area (Å²) in [5.41, 5.74) is 1.59. The quantitative estimate of drug-likeness (QED) is 0.287. The van der Waals surface area contributed by atoms with Crippen molar-refractivity contribution in [2.75, 3.05) is 0 Å². The number of nitrogens with zero attached hydrogens (tertiary/aromatic N) is 2. The Morgan fingerprint density at radius 3 is 1.92 bits per heavy atom. The maximum atomic E-state index is 13.4. The van der Waals surface area contributed by atoms with Gasteiger partial charge < -0.3 is 9.47 Å². The molecule has 36 heavy (non-hydrogen) atoms. The van der Waals surface area contributed by atoms with Crippen LogP contribution in [0.1, 0.15) is 76.0 Å². The van der Waals surface area contributed by atoms with Crippen LogP contribution in [0, 0.1) is 0 Å². The van der Waals surface area contributed by atoms with Gasteiger partial charge >= 0.3 is 12.2 Å². The van der Waals surface area contributed by atoms with E-state index in [1.807, 2.05) is 70.2 Å². The molecule has 7 heteroatoms. The normalized spacial score (nSPS) is 13.1. The molecule has 0 bridgehead atoms. The predicted molar refractivity (Wildman–Crippen MR) is 140 cm³/mol. The van der Waals surface area contributed by atoms with E-state index in [0.717, 1.165) is 17.2 Å². The van der Waals surface area contributed by atoms with Gasteiger partial charge in [0.25, 0.3) is 0 Å². The number of aromatic nitrogens is 2. The fraction of sp³-hybridized carbons (Fsp3) is 0.345. The molecule has 2 heterocycles. The molecule has 2 aromatic carbocycles. The number of carbonyl (C=O) groups excluding carboxylic acids is 3. The number of rotatable bonds is 3. The van der Waals surface area contributed by atoms with Gasteiger partial charge in [-0.25, -0.2) is 14.2 Å². The minimum Gasteiger partial charge on any atom is -0.443 e. The standard InChI is InChI=1S/C29H32N2O5/c1-18(21-16-30(26(33)35-28(2,3)4)23-14-10-8-12-19(21)23)25-22(17-32)20-13-9-11-15-24(20)31(25)27(34)36-29(5,6)7/h8-18H,1-7H3. The molecule has 0 amide bonds. The first-order valence-corrected chi connectivity index (χ1v) is 12.0. The lowest BCUT2D eigenvalue weighted by atomic mass is 9.94. The van der Waals surface area contributed by atoms with Crippen LogP contribution in [-0.2, 0) is 9.47 Å². The first-order chi connectivity index (χ1) is 16.8. The summed E-state index contributed by atoms with van der Waals surface area (Å²) in [4.78, 5) is 38.9. The highest BCUT2D eigenvalue weighted by Crippen LogP contribution is 2.38. The topological polar surface area (TPSA) is 79.5 Å². The van der Waals surface area contributed by atoms with E-state index in [-0.39, 0.29) is 0 Å². The van der Waals surface area contributed by atoms with Crippen molar-refractivity contribution in [3.8, 4) is 0 Å². The molecule has 0 aliphatic rings. The summed E-state index contributed by atoms with van der Waals surface area (Å²) in [6.07, 6.45) is 1.45. The van der Waals surface area contributed by atoms with Gasteiger partial charge in [-0.1, -0.05) is 43.3 Å². The predicted octanol–water partition coefficient (Wildman–Crippen LogP) is 7.13. The number of carbonyl (C=O) groups is 3. The largest absolute Gasteiger partial charge is 0.443 e. The summed E-state index contributed by atoms with van der Waals surface area (Å²) in [6.45, 7) is 12.8. The van der Waals surface area contributed by atoms with Gasteiger partial charge in [-0.3, -0.25) is 9.36 Å². The van der Waals surface area contributed by atoms with Gasteiger partial charge in [0.05, 0.1) is 11.0 Å². The minimum atomic E-state index is -0.725. The maximum Gasteiger partial charge on any atom is 0.419 e. The minimum absolute atomic E-state index is 0.415. The highest BCUT2D eigenvalue weighted by Gasteiger charge is 2.31. The van der Waals surface area contributed by atoms with Crippen molar-refractivity contribution in [3.05, 3.63) is 71.5 Å². The Bertz CT molecular complexity index is 1480. The Labute approximate surface area is 210 Å². The molecule has 0 saturated carbocycles. The lowest BCUT2D eigenvalue weighted by Crippen LogP contribution is -2.28. The van der Waals surface area contributed by atoms with Gasteiger partial charge in [0, 0.05) is 34.1 Å². The number of benzene rings is 2. The van der Waals surface area contributed by atoms with Gasteiger partial charge in [0.2, 0.25) is 0 Å². The number of aldehydes is 1. The first kappa shape index (κ1) is 25.2. The van der Waals surface area contributed by atoms with E-state index in [2.05, 4.69) is 0 Å². The smallest absolute Gasteiger partial charge is 0.419 e. The number of ether oxygens (including phenoxy) is 2. The monoisotopic (exact) mass is 488 g/mol. The van der Waals surface area contributed by atoms with Crippen LogP contribution < -0.4 is 0 Å². The molecule has 4 rings (SSSR count). The zero-order valence-electron chi connectivity index (χ0n) is 21.8. The lowest BCUT2D eigenvalue weighted by molar-refractivity contribution is 0.0528. The number of hydrogen-bond donors (Lipinski definition) is 0. The van der Waals surface area contributed by atoms with Crippen molar-refractivity contribution in [1.29, 1.82) is 0 Å². The third-order valence-corrected chi connectivity index (χ3v) is 5.86. The maximum absolute atomic E-state index is 13.4. The van der Waals surface area contributed by atoms with Gasteiger partial charge in [-0.05, 0) is 59.2 Å². The summed E-state index contributed by atoms with van der Waals surface area (Å²) in [5, 5.41) is 1.49. The van der Waals surface area contributed by atoms with Crippen molar-refractivity contribution >= 4 is 40.3 Å². The van der Waals surface area contributed by atoms with Crippen LogP contribution in [0.25, 0.3) is 21.8 Å². The second kappa shape index (κ2) is 8.97. The third kappa shape index (κ3) is 4.65. The van der Waals surface area contributed by atoms with E-state index in [0.29, 0.717) is 27.7 Å². The Kier molecular flexibility index (Phi) is 6.29. The lowest BCUT2D eigenvalue weighted by Gasteiger charge is -2.22. The zero-order valence-corrected chi connectivity index (χ0v) is 21.8. The summed E-state index contributed by atoms with van der Waals surface area (Å²) >= 11 is 0. The van der Waals surface area contributed by atoms with Crippen LogP contribution in [0.2, 0.25) is 0 Å². The highest BCUT2D eigenvalue weighted by atomic mass is 16.6. The van der Waals surface area contributed by atoms with E-state index >= 15 is 0 Å². The molecular formula is C29H32N2O5. The van der Waals surface area contributed by atoms with Crippen LogP contribution >= 0.6 is 0 Å². The number of para-hydroxylation sites is 2. The average Bonchev–Trinajstić information content (AvgIpc) is 3.32. The van der Waals surface area contributed by atoms with Crippen molar-refractivity contribution in [1.82, 2.24) is 9.13 Å². The molecule has 0 spiro atoms. The van der Waals surface area contributed by atoms with E-state index in [9.17, 15) is 14.4 Å². The van der Waals surface area contributed by atoms with Crippen molar-refractivity contribution in [3.63, 3.8) is 0 Å². The van der Waals surface area contributed by atoms with E-state index in [1.165, 1.54) is 9.13 Å². The fourth-order valence-electron chi connectivity index (χ4n) is 4.50. The molecule has 0 fully saturated rings. The van der Waals surface area contributed by atoms with Gasteiger partial charge in [-0.2, -0.15) is 0 Å². The van der Waals surface area contributed by atoms with Gasteiger partial charge in [0.1, 0.15) is 11.2 Å². The number of fused-ring (bicyclic) bond motifs is 2. The Hall–Kier alpha value is -3.87. The van der Waals surface area contributed by atoms with Crippen LogP contribution in [-0.4, -0.2) is 38.8 Å². The SMILES string of the molecule is CC(c1cn(C(=O)OC(C)(C)C)c2ccccc12)c1c(C=O)c2ccccc2n1C(=O)OC(C)(C)C. The molecule has 1 atom stereocenters. The molecule has 7 nitrogen and oxygen atoms in total. The van der Waals surface area contributed by atoms with Crippen molar-refractivity contribution in [2.24, 2.45) is 0 Å². The van der Waals surface area contributed by atoms with Crippen molar-refractivity contribution < 1.29 is 23.9 Å². The second-order valence-corrected chi connectivity index (χ2v) is 10.9. The molecule has 0 aliphatic carbocycles. The number of hydrogen-bond acceptors (Lipinski definition) is 5. The summed E-state index contributed by atoms with van der Waals surface area (Å²) < 4.78 is 14.3. The summed E-state index contributed by atoms with van der Waals surface area (Å²) in [5.74, 6) is -0.432. The van der Waals surface area contributed by atoms with Crippen LogP contribution in [0.3, 0.4) is 0 Å². The molecule has 4 aromatic rings. The Balaban J connectivity index is 1.96. The van der Waals surface area contributed by atoms with Gasteiger partial charge in [0.15, 0.2) is 6.29 Å². The zero-order chi connectivity index (χ0) is 26.4. The fourth-order valence-corrected chi connectivity index (χ4v) is 4.50.